The first kappa shape index (κ1) is 23.2. The monoisotopic (exact) mass is 479 g/mol. The molecule has 1 aromatic carbocycles. The van der Waals surface area contributed by atoms with Crippen LogP contribution in [0, 0.1) is 5.92 Å². The molecule has 3 aliphatic rings. The minimum atomic E-state index is -0.418. The van der Waals surface area contributed by atoms with Crippen molar-refractivity contribution in [2.24, 2.45) is 5.92 Å². The summed E-state index contributed by atoms with van der Waals surface area (Å²) in [5.41, 5.74) is 1.00. The fraction of sp³-hybridized carbons (Fsp3) is 0.480. The summed E-state index contributed by atoms with van der Waals surface area (Å²) >= 11 is 0. The van der Waals surface area contributed by atoms with Gasteiger partial charge in [0.2, 0.25) is 5.91 Å². The zero-order valence-corrected chi connectivity index (χ0v) is 19.6. The van der Waals surface area contributed by atoms with Crippen LogP contribution in [0.2, 0.25) is 0 Å². The first-order valence-electron chi connectivity index (χ1n) is 12.0. The van der Waals surface area contributed by atoms with E-state index in [2.05, 4.69) is 20.6 Å². The van der Waals surface area contributed by atoms with Crippen molar-refractivity contribution < 1.29 is 23.9 Å². The smallest absolute Gasteiger partial charge is 0.275 e. The van der Waals surface area contributed by atoms with Crippen molar-refractivity contribution in [1.82, 2.24) is 20.2 Å². The predicted octanol–water partition coefficient (Wildman–Crippen LogP) is 2.03. The number of carbonyl (C=O) groups is 3. The summed E-state index contributed by atoms with van der Waals surface area (Å²) in [6.45, 7) is 1.01. The summed E-state index contributed by atoms with van der Waals surface area (Å²) in [4.78, 5) is 47.7. The number of amides is 3. The van der Waals surface area contributed by atoms with Crippen LogP contribution in [0.1, 0.15) is 53.0 Å². The van der Waals surface area contributed by atoms with E-state index in [-0.39, 0.29) is 42.4 Å². The maximum atomic E-state index is 13.4. The highest BCUT2D eigenvalue weighted by molar-refractivity contribution is 6.04. The van der Waals surface area contributed by atoms with Crippen molar-refractivity contribution in [2.75, 3.05) is 25.5 Å². The average Bonchev–Trinajstić information content (AvgIpc) is 3.70. The van der Waals surface area contributed by atoms with Crippen LogP contribution in [-0.2, 0) is 9.53 Å². The Balaban J connectivity index is 1.25. The highest BCUT2D eigenvalue weighted by atomic mass is 16.5. The maximum absolute atomic E-state index is 13.4. The number of likely N-dealkylation sites (N-methyl/N-ethyl adjacent to an activating group) is 1. The molecule has 3 amide bonds. The SMILES string of the molecule is CN1C(=O)c2cc(NC(=O)c3cnccn3)ccc2OC[C@@H]2O[C@@H](CC(=O)NCC3CC3)CC[C@H]21. The van der Waals surface area contributed by atoms with Crippen molar-refractivity contribution in [3.63, 3.8) is 0 Å². The number of anilines is 1. The first-order chi connectivity index (χ1) is 17.0. The van der Waals surface area contributed by atoms with Gasteiger partial charge in [-0.1, -0.05) is 0 Å². The van der Waals surface area contributed by atoms with Crippen LogP contribution in [0.25, 0.3) is 0 Å². The molecule has 10 nitrogen and oxygen atoms in total. The van der Waals surface area contributed by atoms with Gasteiger partial charge >= 0.3 is 0 Å². The Morgan fingerprint density at radius 3 is 2.80 bits per heavy atom. The van der Waals surface area contributed by atoms with Crippen molar-refractivity contribution in [2.45, 2.75) is 50.4 Å². The van der Waals surface area contributed by atoms with Crippen molar-refractivity contribution >= 4 is 23.4 Å². The zero-order valence-electron chi connectivity index (χ0n) is 19.6. The van der Waals surface area contributed by atoms with E-state index in [0.29, 0.717) is 35.8 Å². The second kappa shape index (κ2) is 9.99. The Hall–Kier alpha value is -3.53. The molecule has 1 saturated heterocycles. The molecule has 2 fully saturated rings. The van der Waals surface area contributed by atoms with Crippen LogP contribution in [0.5, 0.6) is 5.75 Å². The molecule has 1 aromatic heterocycles. The Morgan fingerprint density at radius 2 is 2.03 bits per heavy atom. The van der Waals surface area contributed by atoms with Gasteiger partial charge in [-0.25, -0.2) is 4.98 Å². The molecule has 0 bridgehead atoms. The van der Waals surface area contributed by atoms with Gasteiger partial charge in [-0.15, -0.1) is 0 Å². The summed E-state index contributed by atoms with van der Waals surface area (Å²) in [6.07, 6.45) is 7.89. The lowest BCUT2D eigenvalue weighted by molar-refractivity contribution is -0.134. The minimum Gasteiger partial charge on any atom is -0.490 e. The van der Waals surface area contributed by atoms with Crippen LogP contribution < -0.4 is 15.4 Å². The van der Waals surface area contributed by atoms with E-state index in [1.165, 1.54) is 31.4 Å². The number of nitrogens with one attached hydrogen (secondary N) is 2. The minimum absolute atomic E-state index is 0.0120. The molecule has 1 saturated carbocycles. The standard InChI is InChI=1S/C25H29N5O5/c1-30-20-6-5-17(11-23(31)28-12-15-2-3-15)35-22(20)14-34-21-7-4-16(10-18(21)25(30)33)29-24(32)19-13-26-8-9-27-19/h4,7-10,13,15,17,20,22H,2-3,5-6,11-12,14H2,1H3,(H,28,31)(H,29,32)/t17-,20-,22+/m1/s1. The van der Waals surface area contributed by atoms with E-state index in [9.17, 15) is 14.4 Å². The summed E-state index contributed by atoms with van der Waals surface area (Å²) < 4.78 is 12.2. The van der Waals surface area contributed by atoms with Gasteiger partial charge in [-0.2, -0.15) is 0 Å². The van der Waals surface area contributed by atoms with Gasteiger partial charge in [0, 0.05) is 31.7 Å². The Bertz CT molecular complexity index is 1110. The molecule has 3 heterocycles. The largest absolute Gasteiger partial charge is 0.490 e. The third-order valence-electron chi connectivity index (χ3n) is 6.76. The predicted molar refractivity (Wildman–Crippen MR) is 126 cm³/mol. The summed E-state index contributed by atoms with van der Waals surface area (Å²) in [5.74, 6) is 0.437. The number of rotatable bonds is 6. The molecule has 5 rings (SSSR count). The first-order valence-corrected chi connectivity index (χ1v) is 12.0. The number of hydrogen-bond donors (Lipinski definition) is 2. The van der Waals surface area contributed by atoms with Gasteiger partial charge in [-0.05, 0) is 49.8 Å². The van der Waals surface area contributed by atoms with Crippen molar-refractivity contribution in [1.29, 1.82) is 0 Å². The molecule has 2 aliphatic heterocycles. The number of benzene rings is 1. The van der Waals surface area contributed by atoms with Gasteiger partial charge in [0.05, 0.1) is 30.3 Å². The van der Waals surface area contributed by atoms with Crippen LogP contribution in [-0.4, -0.2) is 71.0 Å². The topological polar surface area (TPSA) is 123 Å². The fourth-order valence-electron chi connectivity index (χ4n) is 4.58. The maximum Gasteiger partial charge on any atom is 0.275 e. The van der Waals surface area contributed by atoms with Crippen LogP contribution in [0.15, 0.2) is 36.8 Å². The van der Waals surface area contributed by atoms with E-state index < -0.39 is 5.91 Å². The van der Waals surface area contributed by atoms with E-state index in [1.54, 1.807) is 30.1 Å². The lowest BCUT2D eigenvalue weighted by atomic mass is 9.94. The Morgan fingerprint density at radius 1 is 1.17 bits per heavy atom. The molecular formula is C25H29N5O5. The van der Waals surface area contributed by atoms with Gasteiger partial charge in [-0.3, -0.25) is 19.4 Å². The lowest BCUT2D eigenvalue weighted by Crippen LogP contribution is -2.54. The van der Waals surface area contributed by atoms with Crippen molar-refractivity contribution in [3.05, 3.63) is 48.0 Å². The van der Waals surface area contributed by atoms with E-state index in [0.717, 1.165) is 13.0 Å². The van der Waals surface area contributed by atoms with E-state index in [4.69, 9.17) is 9.47 Å². The molecule has 0 spiro atoms. The molecule has 0 unspecified atom stereocenters. The molecular weight excluding hydrogens is 450 g/mol. The summed E-state index contributed by atoms with van der Waals surface area (Å²) in [5, 5.41) is 5.74. The molecule has 3 atom stereocenters. The van der Waals surface area contributed by atoms with E-state index >= 15 is 0 Å². The highest BCUT2D eigenvalue weighted by Gasteiger charge is 2.39. The fourth-order valence-corrected chi connectivity index (χ4v) is 4.58. The molecule has 184 valence electrons. The highest BCUT2D eigenvalue weighted by Crippen LogP contribution is 2.33. The molecule has 2 aromatic rings. The van der Waals surface area contributed by atoms with Crippen LogP contribution in [0.3, 0.4) is 0 Å². The second-order valence-corrected chi connectivity index (χ2v) is 9.38. The number of aromatic nitrogens is 2. The van der Waals surface area contributed by atoms with E-state index in [1.807, 2.05) is 0 Å². The summed E-state index contributed by atoms with van der Waals surface area (Å²) in [6, 6.07) is 4.78. The lowest BCUT2D eigenvalue weighted by Gasteiger charge is -2.42. The molecule has 0 radical (unpaired) electrons. The van der Waals surface area contributed by atoms with Gasteiger partial charge < -0.3 is 25.0 Å². The third-order valence-corrected chi connectivity index (χ3v) is 6.76. The number of hydrogen-bond acceptors (Lipinski definition) is 7. The summed E-state index contributed by atoms with van der Waals surface area (Å²) in [7, 11) is 1.76. The van der Waals surface area contributed by atoms with Gasteiger partial charge in [0.25, 0.3) is 11.8 Å². The molecule has 35 heavy (non-hydrogen) atoms. The number of carbonyl (C=O) groups excluding carboxylic acids is 3. The molecule has 2 N–H and O–H groups in total. The number of ether oxygens (including phenoxy) is 2. The zero-order chi connectivity index (χ0) is 24.4. The quantitative estimate of drug-likeness (QED) is 0.650. The third kappa shape index (κ3) is 5.43. The Kier molecular flexibility index (Phi) is 6.63. The Labute approximate surface area is 203 Å². The normalized spacial score (nSPS) is 23.7. The molecule has 1 aliphatic carbocycles. The average molecular weight is 480 g/mol. The van der Waals surface area contributed by atoms with Gasteiger partial charge in [0.15, 0.2) is 0 Å². The van der Waals surface area contributed by atoms with Crippen molar-refractivity contribution in [3.8, 4) is 5.75 Å². The molecule has 10 heteroatoms. The second-order valence-electron chi connectivity index (χ2n) is 9.38. The van der Waals surface area contributed by atoms with Crippen LogP contribution in [0.4, 0.5) is 5.69 Å². The van der Waals surface area contributed by atoms with Gasteiger partial charge in [0.1, 0.15) is 24.2 Å². The van der Waals surface area contributed by atoms with Crippen LogP contribution >= 0.6 is 0 Å². The number of nitrogens with zero attached hydrogens (tertiary/aromatic N) is 3. The number of fused-ring (bicyclic) bond motifs is 2.